The second kappa shape index (κ2) is 7.23. The lowest BCUT2D eigenvalue weighted by Crippen LogP contribution is -2.39. The summed E-state index contributed by atoms with van der Waals surface area (Å²) in [7, 11) is -3.52. The number of hydrogen-bond acceptors (Lipinski definition) is 3. The van der Waals surface area contributed by atoms with Crippen molar-refractivity contribution >= 4 is 21.6 Å². The van der Waals surface area contributed by atoms with Crippen molar-refractivity contribution in [1.82, 2.24) is 4.72 Å². The third kappa shape index (κ3) is 5.05. The Morgan fingerprint density at radius 2 is 1.58 bits per heavy atom. The smallest absolute Gasteiger partial charge is 0.240 e. The van der Waals surface area contributed by atoms with Crippen LogP contribution in [0.3, 0.4) is 0 Å². The molecule has 6 heteroatoms. The van der Waals surface area contributed by atoms with Gasteiger partial charge in [0.2, 0.25) is 15.9 Å². The van der Waals surface area contributed by atoms with Crippen molar-refractivity contribution in [1.29, 1.82) is 0 Å². The minimum Gasteiger partial charge on any atom is -0.326 e. The number of amides is 1. The Labute approximate surface area is 145 Å². The molecule has 1 aromatic carbocycles. The van der Waals surface area contributed by atoms with Crippen LogP contribution in [0.4, 0.5) is 5.69 Å². The van der Waals surface area contributed by atoms with Gasteiger partial charge in [0.15, 0.2) is 0 Å². The summed E-state index contributed by atoms with van der Waals surface area (Å²) in [5.41, 5.74) is 0.871. The Balaban J connectivity index is 1.98. The highest BCUT2D eigenvalue weighted by Gasteiger charge is 2.31. The number of rotatable bonds is 4. The number of carbonyl (C=O) groups is 1. The van der Waals surface area contributed by atoms with Gasteiger partial charge in [-0.2, -0.15) is 0 Å². The fourth-order valence-corrected chi connectivity index (χ4v) is 4.59. The lowest BCUT2D eigenvalue weighted by atomic mass is 9.71. The summed E-state index contributed by atoms with van der Waals surface area (Å²) in [5.74, 6) is 0.467. The van der Waals surface area contributed by atoms with Gasteiger partial charge in [0.05, 0.1) is 4.90 Å². The molecule has 1 aliphatic carbocycles. The van der Waals surface area contributed by atoms with Crippen molar-refractivity contribution in [3.8, 4) is 0 Å². The van der Waals surface area contributed by atoms with Gasteiger partial charge in [0, 0.05) is 18.7 Å². The van der Waals surface area contributed by atoms with E-state index in [2.05, 4.69) is 30.8 Å². The van der Waals surface area contributed by atoms with E-state index in [1.54, 1.807) is 12.1 Å². The summed E-state index contributed by atoms with van der Waals surface area (Å²) in [6.45, 7) is 8.16. The average molecular weight is 353 g/mol. The molecule has 0 unspecified atom stereocenters. The van der Waals surface area contributed by atoms with E-state index in [0.717, 1.165) is 25.7 Å². The van der Waals surface area contributed by atoms with Gasteiger partial charge in [-0.25, -0.2) is 13.1 Å². The predicted octanol–water partition coefficient (Wildman–Crippen LogP) is 3.53. The maximum atomic E-state index is 12.5. The number of carbonyl (C=O) groups excluding carboxylic acids is 1. The van der Waals surface area contributed by atoms with E-state index in [1.165, 1.54) is 19.1 Å². The third-order valence-corrected chi connectivity index (χ3v) is 6.30. The monoisotopic (exact) mass is 352 g/mol. The van der Waals surface area contributed by atoms with Crippen molar-refractivity contribution in [2.45, 2.75) is 64.3 Å². The Morgan fingerprint density at radius 1 is 1.04 bits per heavy atom. The Morgan fingerprint density at radius 3 is 2.04 bits per heavy atom. The van der Waals surface area contributed by atoms with Gasteiger partial charge < -0.3 is 5.32 Å². The molecular weight excluding hydrogens is 324 g/mol. The summed E-state index contributed by atoms with van der Waals surface area (Å²) < 4.78 is 27.9. The molecule has 0 aromatic heterocycles. The molecule has 0 radical (unpaired) electrons. The molecule has 0 heterocycles. The molecule has 2 rings (SSSR count). The molecule has 1 aliphatic rings. The lowest BCUT2D eigenvalue weighted by Gasteiger charge is -2.37. The summed E-state index contributed by atoms with van der Waals surface area (Å²) in [6.07, 6.45) is 3.87. The quantitative estimate of drug-likeness (QED) is 0.870. The number of benzene rings is 1. The Bertz CT molecular complexity index is 667. The van der Waals surface area contributed by atoms with Gasteiger partial charge in [-0.15, -0.1) is 0 Å². The van der Waals surface area contributed by atoms with Gasteiger partial charge in [-0.3, -0.25) is 4.79 Å². The first-order chi connectivity index (χ1) is 11.1. The maximum Gasteiger partial charge on any atom is 0.240 e. The molecule has 0 bridgehead atoms. The van der Waals surface area contributed by atoms with Crippen molar-refractivity contribution < 1.29 is 13.2 Å². The molecule has 1 fully saturated rings. The van der Waals surface area contributed by atoms with Crippen LogP contribution in [-0.2, 0) is 14.8 Å². The van der Waals surface area contributed by atoms with E-state index in [4.69, 9.17) is 0 Å². The second-order valence-electron chi connectivity index (χ2n) is 7.74. The highest BCUT2D eigenvalue weighted by atomic mass is 32.2. The summed E-state index contributed by atoms with van der Waals surface area (Å²) in [4.78, 5) is 11.2. The zero-order chi connectivity index (χ0) is 18.0. The Hall–Kier alpha value is -1.40. The first-order valence-electron chi connectivity index (χ1n) is 8.48. The van der Waals surface area contributed by atoms with Crippen LogP contribution in [0.1, 0.15) is 53.4 Å². The fourth-order valence-electron chi connectivity index (χ4n) is 3.29. The van der Waals surface area contributed by atoms with Crippen LogP contribution in [0, 0.1) is 11.3 Å². The van der Waals surface area contributed by atoms with Gasteiger partial charge in [0.1, 0.15) is 0 Å². The van der Waals surface area contributed by atoms with E-state index < -0.39 is 10.0 Å². The van der Waals surface area contributed by atoms with E-state index in [1.807, 2.05) is 0 Å². The highest BCUT2D eigenvalue weighted by Crippen LogP contribution is 2.38. The minimum absolute atomic E-state index is 0.00335. The van der Waals surface area contributed by atoms with Gasteiger partial charge in [0.25, 0.3) is 0 Å². The van der Waals surface area contributed by atoms with Crippen LogP contribution in [0.25, 0.3) is 0 Å². The molecule has 0 spiro atoms. The van der Waals surface area contributed by atoms with Crippen LogP contribution in [0.2, 0.25) is 0 Å². The summed E-state index contributed by atoms with van der Waals surface area (Å²) in [6, 6.07) is 6.26. The van der Waals surface area contributed by atoms with Gasteiger partial charge in [-0.05, 0) is 61.3 Å². The fraction of sp³-hybridized carbons (Fsp3) is 0.611. The lowest BCUT2D eigenvalue weighted by molar-refractivity contribution is -0.114. The van der Waals surface area contributed by atoms with Crippen molar-refractivity contribution in [2.75, 3.05) is 5.32 Å². The molecule has 1 aromatic rings. The molecule has 1 amide bonds. The molecule has 2 N–H and O–H groups in total. The summed E-state index contributed by atoms with van der Waals surface area (Å²) in [5, 5.41) is 2.63. The number of anilines is 1. The number of nitrogens with one attached hydrogen (secondary N) is 2. The summed E-state index contributed by atoms with van der Waals surface area (Å²) >= 11 is 0. The second-order valence-corrected chi connectivity index (χ2v) is 9.46. The van der Waals surface area contributed by atoms with Crippen LogP contribution in [-0.4, -0.2) is 20.4 Å². The van der Waals surface area contributed by atoms with Crippen LogP contribution < -0.4 is 10.0 Å². The zero-order valence-corrected chi connectivity index (χ0v) is 15.7. The highest BCUT2D eigenvalue weighted by molar-refractivity contribution is 7.89. The SMILES string of the molecule is CC(=O)Nc1ccc(S(=O)(=O)NC2CCC(C(C)(C)C)CC2)cc1. The van der Waals surface area contributed by atoms with Crippen molar-refractivity contribution in [3.05, 3.63) is 24.3 Å². The molecule has 0 atom stereocenters. The van der Waals surface area contributed by atoms with Crippen molar-refractivity contribution in [2.24, 2.45) is 11.3 Å². The average Bonchev–Trinajstić information content (AvgIpc) is 2.46. The minimum atomic E-state index is -3.52. The molecule has 0 aliphatic heterocycles. The maximum absolute atomic E-state index is 12.5. The van der Waals surface area contributed by atoms with Crippen LogP contribution >= 0.6 is 0 Å². The molecular formula is C18H28N2O3S. The van der Waals surface area contributed by atoms with E-state index >= 15 is 0 Å². The number of sulfonamides is 1. The first kappa shape index (κ1) is 18.9. The Kier molecular flexibility index (Phi) is 5.71. The third-order valence-electron chi connectivity index (χ3n) is 4.76. The largest absolute Gasteiger partial charge is 0.326 e. The molecule has 5 nitrogen and oxygen atoms in total. The normalized spacial score (nSPS) is 22.2. The molecule has 0 saturated heterocycles. The molecule has 134 valence electrons. The van der Waals surface area contributed by atoms with E-state index in [9.17, 15) is 13.2 Å². The van der Waals surface area contributed by atoms with E-state index in [-0.39, 0.29) is 22.3 Å². The van der Waals surface area contributed by atoms with Crippen LogP contribution in [0.15, 0.2) is 29.2 Å². The predicted molar refractivity (Wildman–Crippen MR) is 96.3 cm³/mol. The molecule has 24 heavy (non-hydrogen) atoms. The zero-order valence-electron chi connectivity index (χ0n) is 14.9. The van der Waals surface area contributed by atoms with Crippen LogP contribution in [0.5, 0.6) is 0 Å². The number of hydrogen-bond donors (Lipinski definition) is 2. The van der Waals surface area contributed by atoms with Crippen molar-refractivity contribution in [3.63, 3.8) is 0 Å². The molecule has 1 saturated carbocycles. The standard InChI is InChI=1S/C18H28N2O3S/c1-13(21)19-15-9-11-17(12-10-15)24(22,23)20-16-7-5-14(6-8-16)18(2,3)4/h9-12,14,16,20H,5-8H2,1-4H3,(H,19,21). The van der Waals surface area contributed by atoms with Gasteiger partial charge in [-0.1, -0.05) is 20.8 Å². The van der Waals surface area contributed by atoms with E-state index in [0.29, 0.717) is 11.6 Å². The first-order valence-corrected chi connectivity index (χ1v) is 9.96. The topological polar surface area (TPSA) is 75.3 Å². The van der Waals surface area contributed by atoms with Gasteiger partial charge >= 0.3 is 0 Å².